The molecule has 0 saturated carbocycles. The Morgan fingerprint density at radius 1 is 1.24 bits per heavy atom. The average molecular weight is 231 g/mol. The maximum absolute atomic E-state index is 4.05. The van der Waals surface area contributed by atoms with Crippen LogP contribution in [-0.4, -0.2) is 41.6 Å². The summed E-state index contributed by atoms with van der Waals surface area (Å²) >= 11 is 0. The number of pyridine rings is 1. The molecule has 2 aliphatic heterocycles. The molecule has 1 aromatic rings. The van der Waals surface area contributed by atoms with E-state index in [1.165, 1.54) is 37.9 Å². The van der Waals surface area contributed by atoms with Gasteiger partial charge in [0, 0.05) is 31.0 Å². The van der Waals surface area contributed by atoms with Gasteiger partial charge in [-0.15, -0.1) is 0 Å². The summed E-state index contributed by atoms with van der Waals surface area (Å²) in [5.74, 6) is 0. The number of hydrogen-bond acceptors (Lipinski definition) is 3. The van der Waals surface area contributed by atoms with Crippen LogP contribution < -0.4 is 5.32 Å². The van der Waals surface area contributed by atoms with Crippen molar-refractivity contribution in [3.05, 3.63) is 30.1 Å². The molecular weight excluding hydrogens is 210 g/mol. The predicted octanol–water partition coefficient (Wildman–Crippen LogP) is 1.45. The lowest BCUT2D eigenvalue weighted by molar-refractivity contribution is 0.299. The second-order valence-corrected chi connectivity index (χ2v) is 5.20. The summed E-state index contributed by atoms with van der Waals surface area (Å²) in [5, 5.41) is 3.74. The SMILES string of the molecule is c1cc(CCNC2CCN3CCCC23)ccn1. The van der Waals surface area contributed by atoms with Gasteiger partial charge < -0.3 is 5.32 Å². The zero-order chi connectivity index (χ0) is 11.5. The highest BCUT2D eigenvalue weighted by atomic mass is 15.2. The summed E-state index contributed by atoms with van der Waals surface area (Å²) in [4.78, 5) is 6.70. The van der Waals surface area contributed by atoms with E-state index < -0.39 is 0 Å². The Hall–Kier alpha value is -0.930. The fourth-order valence-electron chi connectivity index (χ4n) is 3.27. The van der Waals surface area contributed by atoms with Crippen LogP contribution in [0, 0.1) is 0 Å². The topological polar surface area (TPSA) is 28.2 Å². The largest absolute Gasteiger partial charge is 0.312 e. The van der Waals surface area contributed by atoms with E-state index in [0.717, 1.165) is 25.0 Å². The first-order valence-electron chi connectivity index (χ1n) is 6.80. The van der Waals surface area contributed by atoms with Crippen molar-refractivity contribution in [3.8, 4) is 0 Å². The Morgan fingerprint density at radius 3 is 3.00 bits per heavy atom. The van der Waals surface area contributed by atoms with Gasteiger partial charge in [0.25, 0.3) is 0 Å². The van der Waals surface area contributed by atoms with Crippen LogP contribution in [0.2, 0.25) is 0 Å². The lowest BCUT2D eigenvalue weighted by Crippen LogP contribution is -2.39. The van der Waals surface area contributed by atoms with Gasteiger partial charge in [-0.1, -0.05) is 0 Å². The van der Waals surface area contributed by atoms with E-state index in [-0.39, 0.29) is 0 Å². The monoisotopic (exact) mass is 231 g/mol. The van der Waals surface area contributed by atoms with E-state index in [9.17, 15) is 0 Å². The van der Waals surface area contributed by atoms with Crippen LogP contribution in [0.3, 0.4) is 0 Å². The first-order valence-corrected chi connectivity index (χ1v) is 6.80. The van der Waals surface area contributed by atoms with E-state index in [1.807, 2.05) is 12.4 Å². The third kappa shape index (κ3) is 2.50. The van der Waals surface area contributed by atoms with Gasteiger partial charge in [-0.2, -0.15) is 0 Å². The molecule has 2 unspecified atom stereocenters. The summed E-state index contributed by atoms with van der Waals surface area (Å²) < 4.78 is 0. The van der Waals surface area contributed by atoms with Crippen molar-refractivity contribution in [2.75, 3.05) is 19.6 Å². The van der Waals surface area contributed by atoms with Crippen LogP contribution in [0.25, 0.3) is 0 Å². The van der Waals surface area contributed by atoms with Gasteiger partial charge in [0.1, 0.15) is 0 Å². The fraction of sp³-hybridized carbons (Fsp3) is 0.643. The van der Waals surface area contributed by atoms with Crippen LogP contribution in [0.5, 0.6) is 0 Å². The molecule has 1 aromatic heterocycles. The Kier molecular flexibility index (Phi) is 3.39. The summed E-state index contributed by atoms with van der Waals surface area (Å²) in [6.45, 7) is 3.73. The molecule has 0 aromatic carbocycles. The smallest absolute Gasteiger partial charge is 0.0270 e. The van der Waals surface area contributed by atoms with Gasteiger partial charge in [0.2, 0.25) is 0 Å². The van der Waals surface area contributed by atoms with E-state index in [2.05, 4.69) is 27.3 Å². The van der Waals surface area contributed by atoms with Crippen molar-refractivity contribution in [3.63, 3.8) is 0 Å². The minimum Gasteiger partial charge on any atom is -0.312 e. The molecule has 3 rings (SSSR count). The van der Waals surface area contributed by atoms with Crippen LogP contribution in [0.4, 0.5) is 0 Å². The molecule has 0 spiro atoms. The number of rotatable bonds is 4. The quantitative estimate of drug-likeness (QED) is 0.850. The normalized spacial score (nSPS) is 28.5. The minimum absolute atomic E-state index is 0.735. The van der Waals surface area contributed by atoms with E-state index in [4.69, 9.17) is 0 Å². The minimum atomic E-state index is 0.735. The first kappa shape index (κ1) is 11.2. The molecule has 0 bridgehead atoms. The fourth-order valence-corrected chi connectivity index (χ4v) is 3.27. The molecule has 2 saturated heterocycles. The third-order valence-electron chi connectivity index (χ3n) is 4.18. The zero-order valence-corrected chi connectivity index (χ0v) is 10.3. The summed E-state index contributed by atoms with van der Waals surface area (Å²) in [7, 11) is 0. The molecule has 0 radical (unpaired) electrons. The van der Waals surface area contributed by atoms with Crippen molar-refractivity contribution in [2.24, 2.45) is 0 Å². The molecule has 1 N–H and O–H groups in total. The van der Waals surface area contributed by atoms with Crippen molar-refractivity contribution in [1.29, 1.82) is 0 Å². The van der Waals surface area contributed by atoms with E-state index >= 15 is 0 Å². The number of fused-ring (bicyclic) bond motifs is 1. The molecule has 0 amide bonds. The molecule has 3 nitrogen and oxygen atoms in total. The molecule has 2 aliphatic rings. The molecule has 3 heteroatoms. The van der Waals surface area contributed by atoms with E-state index in [1.54, 1.807) is 0 Å². The van der Waals surface area contributed by atoms with Crippen LogP contribution >= 0.6 is 0 Å². The van der Waals surface area contributed by atoms with Gasteiger partial charge in [-0.25, -0.2) is 0 Å². The lowest BCUT2D eigenvalue weighted by Gasteiger charge is -2.21. The zero-order valence-electron chi connectivity index (χ0n) is 10.3. The van der Waals surface area contributed by atoms with Gasteiger partial charge >= 0.3 is 0 Å². The molecule has 92 valence electrons. The highest BCUT2D eigenvalue weighted by Gasteiger charge is 2.36. The summed E-state index contributed by atoms with van der Waals surface area (Å²) in [6, 6.07) is 5.78. The van der Waals surface area contributed by atoms with Crippen LogP contribution in [0.15, 0.2) is 24.5 Å². The molecule has 17 heavy (non-hydrogen) atoms. The van der Waals surface area contributed by atoms with Crippen molar-refractivity contribution in [1.82, 2.24) is 15.2 Å². The first-order chi connectivity index (χ1) is 8.43. The second-order valence-electron chi connectivity index (χ2n) is 5.20. The maximum atomic E-state index is 4.05. The average Bonchev–Trinajstić information content (AvgIpc) is 2.95. The van der Waals surface area contributed by atoms with E-state index in [0.29, 0.717) is 0 Å². The molecular formula is C14H21N3. The van der Waals surface area contributed by atoms with Crippen LogP contribution in [-0.2, 0) is 6.42 Å². The summed E-state index contributed by atoms with van der Waals surface area (Å²) in [5.41, 5.74) is 1.38. The molecule has 3 heterocycles. The number of aromatic nitrogens is 1. The van der Waals surface area contributed by atoms with Crippen molar-refractivity contribution >= 4 is 0 Å². The predicted molar refractivity (Wildman–Crippen MR) is 68.9 cm³/mol. The second kappa shape index (κ2) is 5.15. The molecule has 2 fully saturated rings. The Balaban J connectivity index is 1.46. The van der Waals surface area contributed by atoms with Gasteiger partial charge in [0.15, 0.2) is 0 Å². The van der Waals surface area contributed by atoms with Crippen molar-refractivity contribution in [2.45, 2.75) is 37.8 Å². The number of hydrogen-bond donors (Lipinski definition) is 1. The molecule has 0 aliphatic carbocycles. The van der Waals surface area contributed by atoms with Crippen LogP contribution in [0.1, 0.15) is 24.8 Å². The maximum Gasteiger partial charge on any atom is 0.0270 e. The molecule has 2 atom stereocenters. The van der Waals surface area contributed by atoms with Gasteiger partial charge in [0.05, 0.1) is 0 Å². The lowest BCUT2D eigenvalue weighted by atomic mass is 10.1. The Morgan fingerprint density at radius 2 is 2.12 bits per heavy atom. The third-order valence-corrected chi connectivity index (χ3v) is 4.18. The number of nitrogens with zero attached hydrogens (tertiary/aromatic N) is 2. The van der Waals surface area contributed by atoms with Gasteiger partial charge in [-0.05, 0) is 56.5 Å². The van der Waals surface area contributed by atoms with Crippen molar-refractivity contribution < 1.29 is 0 Å². The standard InChI is InChI=1S/C14H21N3/c1-2-14-13(6-11-17(14)10-1)16-9-5-12-3-7-15-8-4-12/h3-4,7-8,13-14,16H,1-2,5-6,9-11H2. The van der Waals surface area contributed by atoms with Gasteiger partial charge in [-0.3, -0.25) is 9.88 Å². The Labute approximate surface area is 103 Å². The highest BCUT2D eigenvalue weighted by molar-refractivity contribution is 5.10. The highest BCUT2D eigenvalue weighted by Crippen LogP contribution is 2.27. The summed E-state index contributed by atoms with van der Waals surface area (Å²) in [6.07, 6.45) is 9.00. The number of nitrogens with one attached hydrogen (secondary N) is 1. The Bertz CT molecular complexity index is 352.